The first-order valence-corrected chi connectivity index (χ1v) is 8.32. The summed E-state index contributed by atoms with van der Waals surface area (Å²) in [7, 11) is 0. The summed E-state index contributed by atoms with van der Waals surface area (Å²) >= 11 is 3.56. The molecule has 2 unspecified atom stereocenters. The van der Waals surface area contributed by atoms with Gasteiger partial charge in [0.25, 0.3) is 0 Å². The Morgan fingerprint density at radius 1 is 1.22 bits per heavy atom. The minimum Gasteiger partial charge on any atom is -0.309 e. The molecule has 0 amide bonds. The van der Waals surface area contributed by atoms with Gasteiger partial charge in [0.2, 0.25) is 0 Å². The predicted molar refractivity (Wildman–Crippen MR) is 79.2 cm³/mol. The van der Waals surface area contributed by atoms with Crippen molar-refractivity contribution >= 4 is 22.7 Å². The SMILES string of the molecule is c1cc(CNC2CCCNC2c2ccsc2)cs1. The topological polar surface area (TPSA) is 24.1 Å². The lowest BCUT2D eigenvalue weighted by Gasteiger charge is -2.33. The Balaban J connectivity index is 1.65. The van der Waals surface area contributed by atoms with Crippen LogP contribution >= 0.6 is 22.7 Å². The van der Waals surface area contributed by atoms with Gasteiger partial charge >= 0.3 is 0 Å². The van der Waals surface area contributed by atoms with E-state index in [9.17, 15) is 0 Å². The van der Waals surface area contributed by atoms with E-state index < -0.39 is 0 Å². The normalized spacial score (nSPS) is 24.2. The summed E-state index contributed by atoms with van der Waals surface area (Å²) in [5.74, 6) is 0. The van der Waals surface area contributed by atoms with E-state index in [4.69, 9.17) is 0 Å². The summed E-state index contributed by atoms with van der Waals surface area (Å²) in [6.45, 7) is 2.12. The standard InChI is InChI=1S/C14H18N2S2/c1-2-13(16-8-11-3-6-17-9-11)14(15-5-1)12-4-7-18-10-12/h3-4,6-7,9-10,13-16H,1-2,5,8H2. The molecule has 2 atom stereocenters. The molecule has 4 heteroatoms. The van der Waals surface area contributed by atoms with Gasteiger partial charge in [-0.3, -0.25) is 0 Å². The summed E-state index contributed by atoms with van der Waals surface area (Å²) in [6, 6.07) is 5.47. The van der Waals surface area contributed by atoms with Crippen LogP contribution in [0, 0.1) is 0 Å². The van der Waals surface area contributed by atoms with Crippen LogP contribution in [0.5, 0.6) is 0 Å². The highest BCUT2D eigenvalue weighted by Gasteiger charge is 2.25. The van der Waals surface area contributed by atoms with Gasteiger partial charge in [0.1, 0.15) is 0 Å². The smallest absolute Gasteiger partial charge is 0.0484 e. The van der Waals surface area contributed by atoms with Gasteiger partial charge in [-0.05, 0) is 64.2 Å². The number of nitrogens with one attached hydrogen (secondary N) is 2. The zero-order chi connectivity index (χ0) is 12.2. The Kier molecular flexibility index (Phi) is 4.10. The average molecular weight is 278 g/mol. The van der Waals surface area contributed by atoms with Gasteiger partial charge < -0.3 is 10.6 Å². The van der Waals surface area contributed by atoms with Crippen LogP contribution in [-0.2, 0) is 6.54 Å². The van der Waals surface area contributed by atoms with E-state index in [-0.39, 0.29) is 0 Å². The zero-order valence-electron chi connectivity index (χ0n) is 10.3. The summed E-state index contributed by atoms with van der Waals surface area (Å²) in [5.41, 5.74) is 2.83. The van der Waals surface area contributed by atoms with Crippen molar-refractivity contribution in [1.29, 1.82) is 0 Å². The van der Waals surface area contributed by atoms with Crippen molar-refractivity contribution in [1.82, 2.24) is 10.6 Å². The Morgan fingerprint density at radius 2 is 2.11 bits per heavy atom. The van der Waals surface area contributed by atoms with Crippen molar-refractivity contribution in [3.05, 3.63) is 44.8 Å². The predicted octanol–water partition coefficient (Wildman–Crippen LogP) is 3.39. The maximum absolute atomic E-state index is 3.71. The molecule has 2 aromatic heterocycles. The lowest BCUT2D eigenvalue weighted by Crippen LogP contribution is -2.45. The minimum atomic E-state index is 0.476. The molecule has 2 N–H and O–H groups in total. The molecule has 1 fully saturated rings. The molecule has 0 radical (unpaired) electrons. The molecule has 0 spiro atoms. The first kappa shape index (κ1) is 12.4. The van der Waals surface area contributed by atoms with Gasteiger partial charge in [-0.2, -0.15) is 22.7 Å². The summed E-state index contributed by atoms with van der Waals surface area (Å²) in [4.78, 5) is 0. The average Bonchev–Trinajstić information content (AvgIpc) is 3.10. The Morgan fingerprint density at radius 3 is 2.89 bits per heavy atom. The van der Waals surface area contributed by atoms with Gasteiger partial charge in [-0.15, -0.1) is 0 Å². The first-order valence-electron chi connectivity index (χ1n) is 6.43. The van der Waals surface area contributed by atoms with Crippen LogP contribution in [0.25, 0.3) is 0 Å². The Bertz CT molecular complexity index is 450. The van der Waals surface area contributed by atoms with Crippen molar-refractivity contribution in [3.8, 4) is 0 Å². The van der Waals surface area contributed by atoms with E-state index in [0.717, 1.165) is 13.1 Å². The highest BCUT2D eigenvalue weighted by molar-refractivity contribution is 7.08. The molecule has 0 saturated carbocycles. The lowest BCUT2D eigenvalue weighted by molar-refractivity contribution is 0.305. The third-order valence-electron chi connectivity index (χ3n) is 3.51. The van der Waals surface area contributed by atoms with Gasteiger partial charge in [0.15, 0.2) is 0 Å². The number of rotatable bonds is 4. The van der Waals surface area contributed by atoms with E-state index in [1.165, 1.54) is 24.0 Å². The van der Waals surface area contributed by atoms with Gasteiger partial charge in [-0.25, -0.2) is 0 Å². The molecule has 2 nitrogen and oxygen atoms in total. The molecule has 0 bridgehead atoms. The van der Waals surface area contributed by atoms with Crippen molar-refractivity contribution < 1.29 is 0 Å². The van der Waals surface area contributed by atoms with Crippen molar-refractivity contribution in [3.63, 3.8) is 0 Å². The van der Waals surface area contributed by atoms with Crippen LogP contribution in [0.4, 0.5) is 0 Å². The first-order chi connectivity index (χ1) is 8.93. The third kappa shape index (κ3) is 2.83. The van der Waals surface area contributed by atoms with Crippen molar-refractivity contribution in [2.75, 3.05) is 6.54 Å². The van der Waals surface area contributed by atoms with Crippen LogP contribution < -0.4 is 10.6 Å². The van der Waals surface area contributed by atoms with E-state index in [0.29, 0.717) is 12.1 Å². The molecule has 1 aliphatic rings. The molecule has 1 saturated heterocycles. The van der Waals surface area contributed by atoms with E-state index in [2.05, 4.69) is 44.3 Å². The zero-order valence-corrected chi connectivity index (χ0v) is 11.9. The molecule has 18 heavy (non-hydrogen) atoms. The van der Waals surface area contributed by atoms with E-state index in [1.54, 1.807) is 22.7 Å². The van der Waals surface area contributed by atoms with Crippen molar-refractivity contribution in [2.45, 2.75) is 31.5 Å². The molecule has 1 aliphatic heterocycles. The molecule has 3 heterocycles. The van der Waals surface area contributed by atoms with E-state index in [1.807, 2.05) is 0 Å². The highest BCUT2D eigenvalue weighted by Crippen LogP contribution is 2.25. The minimum absolute atomic E-state index is 0.476. The summed E-state index contributed by atoms with van der Waals surface area (Å²) in [6.07, 6.45) is 2.53. The molecule has 96 valence electrons. The van der Waals surface area contributed by atoms with Crippen LogP contribution in [0.15, 0.2) is 33.7 Å². The fourth-order valence-electron chi connectivity index (χ4n) is 2.55. The van der Waals surface area contributed by atoms with Crippen molar-refractivity contribution in [2.24, 2.45) is 0 Å². The van der Waals surface area contributed by atoms with Crippen LogP contribution in [-0.4, -0.2) is 12.6 Å². The lowest BCUT2D eigenvalue weighted by atomic mass is 9.94. The van der Waals surface area contributed by atoms with Crippen LogP contribution in [0.3, 0.4) is 0 Å². The van der Waals surface area contributed by atoms with Crippen LogP contribution in [0.1, 0.15) is 30.0 Å². The molecule has 3 rings (SSSR count). The van der Waals surface area contributed by atoms with Gasteiger partial charge in [-0.1, -0.05) is 0 Å². The fraction of sp³-hybridized carbons (Fsp3) is 0.429. The number of piperidine rings is 1. The monoisotopic (exact) mass is 278 g/mol. The molecule has 0 aliphatic carbocycles. The number of hydrogen-bond donors (Lipinski definition) is 2. The maximum Gasteiger partial charge on any atom is 0.0484 e. The molecular weight excluding hydrogens is 260 g/mol. The van der Waals surface area contributed by atoms with Crippen LogP contribution in [0.2, 0.25) is 0 Å². The number of hydrogen-bond acceptors (Lipinski definition) is 4. The largest absolute Gasteiger partial charge is 0.309 e. The Hall–Kier alpha value is -0.680. The third-order valence-corrected chi connectivity index (χ3v) is 4.94. The van der Waals surface area contributed by atoms with Gasteiger partial charge in [0.05, 0.1) is 0 Å². The second-order valence-corrected chi connectivity index (χ2v) is 6.31. The van der Waals surface area contributed by atoms with E-state index >= 15 is 0 Å². The highest BCUT2D eigenvalue weighted by atomic mass is 32.1. The maximum atomic E-state index is 3.71. The summed E-state index contributed by atoms with van der Waals surface area (Å²) < 4.78 is 0. The second kappa shape index (κ2) is 5.97. The van der Waals surface area contributed by atoms with Gasteiger partial charge in [0, 0.05) is 18.6 Å². The molecule has 2 aromatic rings. The molecular formula is C14H18N2S2. The molecule has 0 aromatic carbocycles. The summed E-state index contributed by atoms with van der Waals surface area (Å²) in [5, 5.41) is 16.2. The quantitative estimate of drug-likeness (QED) is 0.896. The number of thiophene rings is 2. The second-order valence-electron chi connectivity index (χ2n) is 4.75. The fourth-order valence-corrected chi connectivity index (χ4v) is 3.92. The Labute approximate surface area is 116 Å².